The minimum absolute atomic E-state index is 0.0305. The maximum absolute atomic E-state index is 12.4. The van der Waals surface area contributed by atoms with Crippen molar-refractivity contribution in [3.05, 3.63) is 105 Å². The first-order valence-corrected chi connectivity index (χ1v) is 11.1. The number of rotatable bonds is 8. The van der Waals surface area contributed by atoms with Gasteiger partial charge in [-0.3, -0.25) is 19.3 Å². The van der Waals surface area contributed by atoms with Gasteiger partial charge in [0.1, 0.15) is 0 Å². The molecular weight excluding hydrogens is 434 g/mol. The third-order valence-electron chi connectivity index (χ3n) is 5.40. The maximum Gasteiger partial charge on any atom is 0.250 e. The van der Waals surface area contributed by atoms with Crippen LogP contribution in [0.1, 0.15) is 23.1 Å². The molecule has 0 aliphatic rings. The van der Waals surface area contributed by atoms with Crippen LogP contribution in [0.2, 0.25) is 0 Å². The number of pyridine rings is 1. The van der Waals surface area contributed by atoms with E-state index < -0.39 is 0 Å². The number of hydrogen-bond acceptors (Lipinski definition) is 4. The Kier molecular flexibility index (Phi) is 6.95. The Labute approximate surface area is 196 Å². The molecule has 0 aliphatic carbocycles. The van der Waals surface area contributed by atoms with Gasteiger partial charge in [0, 0.05) is 37.3 Å². The first-order chi connectivity index (χ1) is 16.0. The summed E-state index contributed by atoms with van der Waals surface area (Å²) < 4.78 is 3.99. The fourth-order valence-electron chi connectivity index (χ4n) is 3.50. The number of nitrogens with zero attached hydrogens (tertiary/aromatic N) is 3. The average Bonchev–Trinajstić information content (AvgIpc) is 3.19. The number of hydrogen-bond donors (Lipinski definition) is 2. The SMILES string of the molecule is Cc1ccc(-c2n[nH]c(=S)n2CCC(=O)NCc2ccc(Cn3ccccc3=O)cc2)cc1. The highest BCUT2D eigenvalue weighted by molar-refractivity contribution is 7.71. The lowest BCUT2D eigenvalue weighted by molar-refractivity contribution is -0.121. The van der Waals surface area contributed by atoms with Crippen LogP contribution in [-0.2, 0) is 24.4 Å². The first kappa shape index (κ1) is 22.4. The van der Waals surface area contributed by atoms with E-state index in [1.807, 2.05) is 66.1 Å². The number of nitrogens with one attached hydrogen (secondary N) is 2. The number of carbonyl (C=O) groups excluding carboxylic acids is 1. The monoisotopic (exact) mass is 459 g/mol. The van der Waals surface area contributed by atoms with Crippen molar-refractivity contribution < 1.29 is 4.79 Å². The quantitative estimate of drug-likeness (QED) is 0.392. The van der Waals surface area contributed by atoms with E-state index in [9.17, 15) is 9.59 Å². The number of aromatic nitrogens is 4. The Morgan fingerprint density at radius 2 is 1.76 bits per heavy atom. The van der Waals surface area contributed by atoms with Crippen LogP contribution >= 0.6 is 12.2 Å². The first-order valence-electron chi connectivity index (χ1n) is 10.7. The third-order valence-corrected chi connectivity index (χ3v) is 5.71. The fraction of sp³-hybridized carbons (Fsp3) is 0.200. The van der Waals surface area contributed by atoms with Crippen molar-refractivity contribution in [3.63, 3.8) is 0 Å². The lowest BCUT2D eigenvalue weighted by Gasteiger charge is -2.09. The Hall–Kier alpha value is -3.78. The van der Waals surface area contributed by atoms with Gasteiger partial charge in [0.2, 0.25) is 5.91 Å². The lowest BCUT2D eigenvalue weighted by Crippen LogP contribution is -2.24. The van der Waals surface area contributed by atoms with Gasteiger partial charge in [-0.25, -0.2) is 0 Å². The summed E-state index contributed by atoms with van der Waals surface area (Å²) in [6.07, 6.45) is 2.06. The summed E-state index contributed by atoms with van der Waals surface area (Å²) in [5.74, 6) is 0.661. The van der Waals surface area contributed by atoms with E-state index in [4.69, 9.17) is 12.2 Å². The molecule has 2 N–H and O–H groups in total. The van der Waals surface area contributed by atoms with Crippen LogP contribution in [-0.4, -0.2) is 25.2 Å². The Balaban J connectivity index is 1.31. The summed E-state index contributed by atoms with van der Waals surface area (Å²) in [6.45, 7) is 3.42. The smallest absolute Gasteiger partial charge is 0.250 e. The standard InChI is InChI=1S/C25H25N5O2S/c1-18-5-11-21(12-6-18)24-27-28-25(33)30(24)15-13-22(31)26-16-19-7-9-20(10-8-19)17-29-14-3-2-4-23(29)32/h2-12,14H,13,15-17H2,1H3,(H,26,31)(H,28,33). The van der Waals surface area contributed by atoms with Crippen molar-refractivity contribution >= 4 is 18.1 Å². The second kappa shape index (κ2) is 10.2. The second-order valence-electron chi connectivity index (χ2n) is 7.88. The number of aryl methyl sites for hydroxylation is 1. The molecule has 4 rings (SSSR count). The van der Waals surface area contributed by atoms with Gasteiger partial charge in [0.25, 0.3) is 5.56 Å². The molecule has 0 aliphatic heterocycles. The van der Waals surface area contributed by atoms with Crippen molar-refractivity contribution in [3.8, 4) is 11.4 Å². The summed E-state index contributed by atoms with van der Waals surface area (Å²) >= 11 is 5.35. The number of carbonyl (C=O) groups is 1. The molecule has 7 nitrogen and oxygen atoms in total. The number of aromatic amines is 1. The maximum atomic E-state index is 12.4. The Morgan fingerprint density at radius 1 is 1.03 bits per heavy atom. The number of H-pyrrole nitrogens is 1. The van der Waals surface area contributed by atoms with E-state index >= 15 is 0 Å². The lowest BCUT2D eigenvalue weighted by atomic mass is 10.1. The Morgan fingerprint density at radius 3 is 2.48 bits per heavy atom. The minimum atomic E-state index is -0.0622. The summed E-state index contributed by atoms with van der Waals surface area (Å²) in [5.41, 5.74) is 4.10. The van der Waals surface area contributed by atoms with Gasteiger partial charge < -0.3 is 9.88 Å². The summed E-state index contributed by atoms with van der Waals surface area (Å²) in [6, 6.07) is 21.0. The zero-order valence-corrected chi connectivity index (χ0v) is 19.1. The van der Waals surface area contributed by atoms with E-state index in [1.165, 1.54) is 5.56 Å². The predicted octanol–water partition coefficient (Wildman–Crippen LogP) is 3.83. The van der Waals surface area contributed by atoms with Gasteiger partial charge in [-0.2, -0.15) is 5.10 Å². The Bertz CT molecular complexity index is 1350. The molecular formula is C25H25N5O2S. The molecule has 0 unspecified atom stereocenters. The third kappa shape index (κ3) is 5.72. The van der Waals surface area contributed by atoms with Crippen molar-refractivity contribution in [2.75, 3.05) is 0 Å². The second-order valence-corrected chi connectivity index (χ2v) is 8.27. The average molecular weight is 460 g/mol. The van der Waals surface area contributed by atoms with E-state index in [-0.39, 0.29) is 11.5 Å². The zero-order chi connectivity index (χ0) is 23.2. The van der Waals surface area contributed by atoms with Crippen LogP contribution in [0.3, 0.4) is 0 Å². The summed E-state index contributed by atoms with van der Waals surface area (Å²) in [7, 11) is 0. The predicted molar refractivity (Wildman–Crippen MR) is 130 cm³/mol. The van der Waals surface area contributed by atoms with Crippen LogP contribution in [0, 0.1) is 11.7 Å². The molecule has 0 spiro atoms. The van der Waals surface area contributed by atoms with E-state index in [2.05, 4.69) is 15.5 Å². The number of benzene rings is 2. The number of amides is 1. The highest BCUT2D eigenvalue weighted by Crippen LogP contribution is 2.18. The molecule has 0 radical (unpaired) electrons. The molecule has 2 heterocycles. The van der Waals surface area contributed by atoms with Gasteiger partial charge in [-0.05, 0) is 36.3 Å². The zero-order valence-electron chi connectivity index (χ0n) is 18.3. The van der Waals surface area contributed by atoms with Gasteiger partial charge in [0.05, 0.1) is 6.54 Å². The summed E-state index contributed by atoms with van der Waals surface area (Å²) in [5, 5.41) is 10.1. The van der Waals surface area contributed by atoms with E-state index in [0.717, 1.165) is 22.5 Å². The largest absolute Gasteiger partial charge is 0.352 e. The molecule has 0 saturated carbocycles. The van der Waals surface area contributed by atoms with Gasteiger partial charge >= 0.3 is 0 Å². The normalized spacial score (nSPS) is 10.8. The molecule has 4 aromatic rings. The van der Waals surface area contributed by atoms with Crippen molar-refractivity contribution in [1.82, 2.24) is 24.6 Å². The van der Waals surface area contributed by atoms with E-state index in [0.29, 0.717) is 30.8 Å². The van der Waals surface area contributed by atoms with Gasteiger partial charge in [-0.1, -0.05) is 60.2 Å². The van der Waals surface area contributed by atoms with Crippen LogP contribution in [0.4, 0.5) is 0 Å². The van der Waals surface area contributed by atoms with Gasteiger partial charge in [-0.15, -0.1) is 0 Å². The highest BCUT2D eigenvalue weighted by Gasteiger charge is 2.11. The summed E-state index contributed by atoms with van der Waals surface area (Å²) in [4.78, 5) is 24.3. The molecule has 1 amide bonds. The van der Waals surface area contributed by atoms with Crippen LogP contribution in [0.15, 0.2) is 77.7 Å². The molecule has 168 valence electrons. The molecule has 0 saturated heterocycles. The van der Waals surface area contributed by atoms with Crippen LogP contribution in [0.25, 0.3) is 11.4 Å². The molecule has 0 fully saturated rings. The van der Waals surface area contributed by atoms with E-state index in [1.54, 1.807) is 22.9 Å². The molecule has 8 heteroatoms. The van der Waals surface area contributed by atoms with Gasteiger partial charge in [0.15, 0.2) is 10.6 Å². The van der Waals surface area contributed by atoms with Crippen LogP contribution < -0.4 is 10.9 Å². The fourth-order valence-corrected chi connectivity index (χ4v) is 3.72. The topological polar surface area (TPSA) is 84.7 Å². The van der Waals surface area contributed by atoms with Crippen molar-refractivity contribution in [2.45, 2.75) is 33.0 Å². The minimum Gasteiger partial charge on any atom is -0.352 e. The molecule has 2 aromatic heterocycles. The van der Waals surface area contributed by atoms with Crippen molar-refractivity contribution in [1.29, 1.82) is 0 Å². The molecule has 2 aromatic carbocycles. The van der Waals surface area contributed by atoms with Crippen LogP contribution in [0.5, 0.6) is 0 Å². The molecule has 0 atom stereocenters. The van der Waals surface area contributed by atoms with Crippen molar-refractivity contribution in [2.24, 2.45) is 0 Å². The molecule has 0 bridgehead atoms. The highest BCUT2D eigenvalue weighted by atomic mass is 32.1. The molecule has 33 heavy (non-hydrogen) atoms.